The van der Waals surface area contributed by atoms with E-state index in [1.807, 2.05) is 12.2 Å². The van der Waals surface area contributed by atoms with Crippen LogP contribution in [0.5, 0.6) is 0 Å². The van der Waals surface area contributed by atoms with Crippen LogP contribution in [-0.4, -0.2) is 50.5 Å². The Morgan fingerprint density at radius 1 is 1.23 bits per heavy atom. The van der Waals surface area contributed by atoms with Crippen molar-refractivity contribution in [1.29, 1.82) is 0 Å². The largest absolute Gasteiger partial charge is 0.481 e. The molecule has 148 valence electrons. The molecule has 0 aliphatic heterocycles. The van der Waals surface area contributed by atoms with Crippen LogP contribution in [-0.2, 0) is 9.59 Å². The molecule has 6 heteroatoms. The van der Waals surface area contributed by atoms with Gasteiger partial charge in [-0.05, 0) is 45.4 Å². The molecule has 5 atom stereocenters. The second-order valence-electron chi connectivity index (χ2n) is 7.15. The van der Waals surface area contributed by atoms with Gasteiger partial charge in [0.05, 0.1) is 18.3 Å². The van der Waals surface area contributed by atoms with Gasteiger partial charge in [-0.25, -0.2) is 0 Å². The highest BCUT2D eigenvalue weighted by Gasteiger charge is 2.39. The summed E-state index contributed by atoms with van der Waals surface area (Å²) in [5.74, 6) is -1.41. The van der Waals surface area contributed by atoms with E-state index in [2.05, 4.69) is 0 Å². The lowest BCUT2D eigenvalue weighted by Gasteiger charge is -2.16. The number of rotatable bonds is 12. The Bertz CT molecular complexity index is 497. The summed E-state index contributed by atoms with van der Waals surface area (Å²) in [4.78, 5) is 22.6. The molecule has 0 radical (unpaired) electrons. The number of allylic oxidation sites excluding steroid dienone is 2. The standard InChI is InChI=1S/C20H32O6/c1-14(21)7-6-8-15(22)11-12-17-16(18(23)13-19(17)24)9-4-2-3-5-10-20(25)26/h2,4,11-12,14-17,19,21-22,24H,3,5-10,13H2,1H3,(H,25,26)/b4-2-,12-11+/t14-,15+,16-,17-,19-/m1/s1. The monoisotopic (exact) mass is 368 g/mol. The summed E-state index contributed by atoms with van der Waals surface area (Å²) in [5.41, 5.74) is 0. The Kier molecular flexibility index (Phi) is 10.4. The highest BCUT2D eigenvalue weighted by molar-refractivity contribution is 5.84. The van der Waals surface area contributed by atoms with Gasteiger partial charge in [0.2, 0.25) is 0 Å². The normalized spacial score (nSPS) is 26.0. The minimum atomic E-state index is -0.815. The maximum atomic E-state index is 12.1. The number of aliphatic carboxylic acids is 1. The highest BCUT2D eigenvalue weighted by atomic mass is 16.4. The molecule has 1 aliphatic rings. The highest BCUT2D eigenvalue weighted by Crippen LogP contribution is 2.33. The summed E-state index contributed by atoms with van der Waals surface area (Å²) in [6, 6.07) is 0. The number of unbranched alkanes of at least 4 members (excludes halogenated alkanes) is 1. The number of hydrogen-bond acceptors (Lipinski definition) is 5. The molecule has 6 nitrogen and oxygen atoms in total. The van der Waals surface area contributed by atoms with Gasteiger partial charge in [-0.3, -0.25) is 9.59 Å². The lowest BCUT2D eigenvalue weighted by molar-refractivity contribution is -0.137. The van der Waals surface area contributed by atoms with Crippen LogP contribution >= 0.6 is 0 Å². The van der Waals surface area contributed by atoms with Crippen LogP contribution in [0, 0.1) is 11.8 Å². The van der Waals surface area contributed by atoms with Gasteiger partial charge < -0.3 is 20.4 Å². The van der Waals surface area contributed by atoms with Crippen molar-refractivity contribution in [1.82, 2.24) is 0 Å². The Hall–Kier alpha value is -1.50. The summed E-state index contributed by atoms with van der Waals surface area (Å²) in [7, 11) is 0. The molecule has 0 aromatic carbocycles. The predicted octanol–water partition coefficient (Wildman–Crippen LogP) is 2.22. The van der Waals surface area contributed by atoms with E-state index in [9.17, 15) is 24.9 Å². The van der Waals surface area contributed by atoms with Crippen molar-refractivity contribution in [2.75, 3.05) is 0 Å². The molecule has 26 heavy (non-hydrogen) atoms. The molecule has 1 fully saturated rings. The topological polar surface area (TPSA) is 115 Å². The second-order valence-corrected chi connectivity index (χ2v) is 7.15. The van der Waals surface area contributed by atoms with Crippen molar-refractivity contribution in [3.05, 3.63) is 24.3 Å². The van der Waals surface area contributed by atoms with E-state index in [1.54, 1.807) is 19.1 Å². The molecule has 4 N–H and O–H groups in total. The number of ketones is 1. The molecule has 0 spiro atoms. The summed E-state index contributed by atoms with van der Waals surface area (Å²) in [6.07, 6.45) is 9.23. The van der Waals surface area contributed by atoms with Crippen molar-refractivity contribution in [3.8, 4) is 0 Å². The predicted molar refractivity (Wildman–Crippen MR) is 98.5 cm³/mol. The average Bonchev–Trinajstić information content (AvgIpc) is 2.81. The van der Waals surface area contributed by atoms with Gasteiger partial charge >= 0.3 is 5.97 Å². The average molecular weight is 368 g/mol. The van der Waals surface area contributed by atoms with Crippen LogP contribution in [0.3, 0.4) is 0 Å². The Morgan fingerprint density at radius 2 is 1.96 bits per heavy atom. The Labute approximate surface area is 155 Å². The number of Topliss-reactive ketones (excluding diaryl/α,β-unsaturated/α-hetero) is 1. The zero-order valence-electron chi connectivity index (χ0n) is 15.5. The van der Waals surface area contributed by atoms with Crippen LogP contribution in [0.4, 0.5) is 0 Å². The van der Waals surface area contributed by atoms with Crippen LogP contribution in [0.25, 0.3) is 0 Å². The lowest BCUT2D eigenvalue weighted by atomic mass is 9.90. The summed E-state index contributed by atoms with van der Waals surface area (Å²) in [5, 5.41) is 37.9. The fourth-order valence-corrected chi connectivity index (χ4v) is 3.23. The fraction of sp³-hybridized carbons (Fsp3) is 0.700. The fourth-order valence-electron chi connectivity index (χ4n) is 3.23. The summed E-state index contributed by atoms with van der Waals surface area (Å²) < 4.78 is 0. The number of aliphatic hydroxyl groups excluding tert-OH is 3. The molecule has 1 aliphatic carbocycles. The van der Waals surface area contributed by atoms with E-state index in [0.717, 1.165) is 0 Å². The smallest absolute Gasteiger partial charge is 0.303 e. The third-order valence-electron chi connectivity index (χ3n) is 4.73. The third kappa shape index (κ3) is 8.74. The van der Waals surface area contributed by atoms with Crippen LogP contribution in [0.2, 0.25) is 0 Å². The SMILES string of the molecule is C[C@@H](O)CCC[C@H](O)/C=C/[C@H]1[C@H](O)CC(=O)[C@@H]1C/C=C\CCCC(=O)O. The van der Waals surface area contributed by atoms with E-state index < -0.39 is 18.2 Å². The van der Waals surface area contributed by atoms with Crippen molar-refractivity contribution >= 4 is 11.8 Å². The third-order valence-corrected chi connectivity index (χ3v) is 4.73. The molecule has 0 heterocycles. The van der Waals surface area contributed by atoms with Crippen molar-refractivity contribution < 1.29 is 30.0 Å². The van der Waals surface area contributed by atoms with E-state index in [4.69, 9.17) is 5.11 Å². The van der Waals surface area contributed by atoms with Crippen molar-refractivity contribution in [3.63, 3.8) is 0 Å². The van der Waals surface area contributed by atoms with Crippen molar-refractivity contribution in [2.24, 2.45) is 11.8 Å². The number of aliphatic hydroxyl groups is 3. The first-order valence-corrected chi connectivity index (χ1v) is 9.43. The minimum absolute atomic E-state index is 0.0194. The molecule has 0 aromatic heterocycles. The van der Waals surface area contributed by atoms with Crippen molar-refractivity contribution in [2.45, 2.75) is 76.6 Å². The molecule has 1 saturated carbocycles. The van der Waals surface area contributed by atoms with E-state index in [-0.39, 0.29) is 36.6 Å². The van der Waals surface area contributed by atoms with Gasteiger partial charge in [0, 0.05) is 24.7 Å². The molecule has 0 bridgehead atoms. The first-order chi connectivity index (χ1) is 12.3. The van der Waals surface area contributed by atoms with E-state index in [1.165, 1.54) is 0 Å². The Balaban J connectivity index is 2.47. The number of carbonyl (C=O) groups excluding carboxylic acids is 1. The zero-order chi connectivity index (χ0) is 19.5. The van der Waals surface area contributed by atoms with Gasteiger partial charge in [-0.2, -0.15) is 0 Å². The molecule has 0 aromatic rings. The Morgan fingerprint density at radius 3 is 2.62 bits per heavy atom. The van der Waals surface area contributed by atoms with Crippen LogP contribution in [0.1, 0.15) is 58.3 Å². The molecular formula is C20H32O6. The van der Waals surface area contributed by atoms with Gasteiger partial charge in [-0.15, -0.1) is 0 Å². The molecule has 1 rings (SSSR count). The molecule has 0 saturated heterocycles. The maximum absolute atomic E-state index is 12.1. The van der Waals surface area contributed by atoms with Gasteiger partial charge in [0.1, 0.15) is 5.78 Å². The van der Waals surface area contributed by atoms with Crippen LogP contribution < -0.4 is 0 Å². The van der Waals surface area contributed by atoms with Crippen LogP contribution in [0.15, 0.2) is 24.3 Å². The van der Waals surface area contributed by atoms with E-state index in [0.29, 0.717) is 38.5 Å². The molecule has 0 unspecified atom stereocenters. The number of hydrogen-bond donors (Lipinski definition) is 4. The van der Waals surface area contributed by atoms with Gasteiger partial charge in [-0.1, -0.05) is 24.3 Å². The zero-order valence-corrected chi connectivity index (χ0v) is 15.5. The first-order valence-electron chi connectivity index (χ1n) is 9.43. The number of carboxylic acids is 1. The lowest BCUT2D eigenvalue weighted by Crippen LogP contribution is -2.18. The summed E-state index contributed by atoms with van der Waals surface area (Å²) in [6.45, 7) is 1.71. The number of carboxylic acid groups (broad SMARTS) is 1. The maximum Gasteiger partial charge on any atom is 0.303 e. The molecular weight excluding hydrogens is 336 g/mol. The van der Waals surface area contributed by atoms with E-state index >= 15 is 0 Å². The second kappa shape index (κ2) is 12.0. The van der Waals surface area contributed by atoms with Gasteiger partial charge in [0.15, 0.2) is 0 Å². The summed E-state index contributed by atoms with van der Waals surface area (Å²) >= 11 is 0. The minimum Gasteiger partial charge on any atom is -0.481 e. The quantitative estimate of drug-likeness (QED) is 0.310. The molecule has 0 amide bonds. The van der Waals surface area contributed by atoms with Gasteiger partial charge in [0.25, 0.3) is 0 Å². The first kappa shape index (κ1) is 22.5. The number of carbonyl (C=O) groups is 2.